The number of carbonyl (C=O) groups is 2. The van der Waals surface area contributed by atoms with E-state index in [1.807, 2.05) is 44.2 Å². The minimum absolute atomic E-state index is 0.000204. The van der Waals surface area contributed by atoms with E-state index in [4.69, 9.17) is 32.7 Å². The summed E-state index contributed by atoms with van der Waals surface area (Å²) in [7, 11) is -3.68. The summed E-state index contributed by atoms with van der Waals surface area (Å²) in [5.41, 5.74) is 2.02. The summed E-state index contributed by atoms with van der Waals surface area (Å²) in [5, 5.41) is 3.76. The maximum atomic E-state index is 14.0. The minimum atomic E-state index is -3.68. The number of hydrogen-bond acceptors (Lipinski definition) is 6. The van der Waals surface area contributed by atoms with Crippen molar-refractivity contribution in [1.82, 2.24) is 10.2 Å². The molecular weight excluding hydrogens is 625 g/mol. The Bertz CT molecular complexity index is 1570. The van der Waals surface area contributed by atoms with Crippen LogP contribution >= 0.6 is 23.2 Å². The van der Waals surface area contributed by atoms with Crippen molar-refractivity contribution >= 4 is 50.7 Å². The van der Waals surface area contributed by atoms with Crippen molar-refractivity contribution in [3.05, 3.63) is 87.9 Å². The van der Waals surface area contributed by atoms with Crippen molar-refractivity contribution in [1.29, 1.82) is 0 Å². The molecule has 0 aromatic heterocycles. The van der Waals surface area contributed by atoms with Crippen LogP contribution in [0, 0.1) is 0 Å². The molecule has 44 heavy (non-hydrogen) atoms. The fraction of sp³-hybridized carbons (Fsp3) is 0.375. The lowest BCUT2D eigenvalue weighted by atomic mass is 10.0. The Morgan fingerprint density at radius 3 is 2.36 bits per heavy atom. The number of sulfonamides is 1. The van der Waals surface area contributed by atoms with Crippen molar-refractivity contribution < 1.29 is 27.5 Å². The van der Waals surface area contributed by atoms with E-state index < -0.39 is 16.1 Å². The van der Waals surface area contributed by atoms with Gasteiger partial charge < -0.3 is 19.7 Å². The molecule has 4 rings (SSSR count). The summed E-state index contributed by atoms with van der Waals surface area (Å²) < 4.78 is 37.5. The molecule has 0 spiro atoms. The maximum Gasteiger partial charge on any atom is 0.243 e. The summed E-state index contributed by atoms with van der Waals surface area (Å²) in [6.45, 7) is 4.11. The lowest BCUT2D eigenvalue weighted by molar-refractivity contribution is -0.141. The molecule has 1 heterocycles. The van der Waals surface area contributed by atoms with Crippen molar-refractivity contribution in [2.75, 3.05) is 23.9 Å². The summed E-state index contributed by atoms with van der Waals surface area (Å²) >= 11 is 12.4. The van der Waals surface area contributed by atoms with Gasteiger partial charge in [0.25, 0.3) is 0 Å². The van der Waals surface area contributed by atoms with E-state index in [1.165, 1.54) is 4.31 Å². The predicted octanol–water partition coefficient (Wildman–Crippen LogP) is 5.82. The standard InChI is InChI=1S/C32H37Cl2N3O6S/c1-4-22(2)35-32(39)28(18-23-9-6-5-7-10-23)36(20-24-12-14-26(33)27(34)17-24)31(38)11-8-16-37(44(3,40)41)25-13-15-29-30(19-25)43-21-42-29/h5-7,9-10,12-15,17,19,22,28H,4,8,11,16,18,20-21H2,1-3H3,(H,35,39)/t22-,28-/m0/s1. The van der Waals surface area contributed by atoms with Crippen LogP contribution < -0.4 is 19.1 Å². The molecule has 0 aliphatic carbocycles. The summed E-state index contributed by atoms with van der Waals surface area (Å²) in [6.07, 6.45) is 2.35. The zero-order valence-corrected chi connectivity index (χ0v) is 27.3. The molecule has 236 valence electrons. The highest BCUT2D eigenvalue weighted by Gasteiger charge is 2.31. The Balaban J connectivity index is 1.60. The highest BCUT2D eigenvalue weighted by molar-refractivity contribution is 7.92. The van der Waals surface area contributed by atoms with E-state index in [0.717, 1.165) is 18.2 Å². The first kappa shape index (κ1) is 33.4. The number of nitrogens with zero attached hydrogens (tertiary/aromatic N) is 2. The van der Waals surface area contributed by atoms with Crippen molar-refractivity contribution in [2.24, 2.45) is 0 Å². The predicted molar refractivity (Wildman–Crippen MR) is 173 cm³/mol. The van der Waals surface area contributed by atoms with E-state index in [1.54, 1.807) is 41.3 Å². The molecule has 0 saturated carbocycles. The number of anilines is 1. The monoisotopic (exact) mass is 661 g/mol. The topological polar surface area (TPSA) is 105 Å². The molecular formula is C32H37Cl2N3O6S. The molecule has 1 aliphatic heterocycles. The number of hydrogen-bond donors (Lipinski definition) is 1. The van der Waals surface area contributed by atoms with Gasteiger partial charge in [0.05, 0.1) is 22.0 Å². The van der Waals surface area contributed by atoms with Gasteiger partial charge in [0.2, 0.25) is 28.6 Å². The molecule has 0 unspecified atom stereocenters. The zero-order valence-electron chi connectivity index (χ0n) is 25.0. The fourth-order valence-electron chi connectivity index (χ4n) is 4.87. The van der Waals surface area contributed by atoms with Gasteiger partial charge in [-0.15, -0.1) is 0 Å². The fourth-order valence-corrected chi connectivity index (χ4v) is 6.15. The Morgan fingerprint density at radius 1 is 0.955 bits per heavy atom. The largest absolute Gasteiger partial charge is 0.454 e. The number of fused-ring (bicyclic) bond motifs is 1. The van der Waals surface area contributed by atoms with Gasteiger partial charge in [-0.2, -0.15) is 0 Å². The van der Waals surface area contributed by atoms with Crippen LogP contribution in [0.2, 0.25) is 10.0 Å². The van der Waals surface area contributed by atoms with E-state index in [2.05, 4.69) is 5.32 Å². The molecule has 3 aromatic rings. The van der Waals surface area contributed by atoms with Crippen molar-refractivity contribution in [3.63, 3.8) is 0 Å². The molecule has 2 amide bonds. The second-order valence-corrected chi connectivity index (χ2v) is 13.5. The van der Waals surface area contributed by atoms with Crippen LogP contribution in [0.25, 0.3) is 0 Å². The summed E-state index contributed by atoms with van der Waals surface area (Å²) in [4.78, 5) is 29.2. The number of ether oxygens (including phenoxy) is 2. The summed E-state index contributed by atoms with van der Waals surface area (Å²) in [5.74, 6) is 0.428. The quantitative estimate of drug-likeness (QED) is 0.233. The summed E-state index contributed by atoms with van der Waals surface area (Å²) in [6, 6.07) is 18.6. The van der Waals surface area contributed by atoms with Crippen LogP contribution in [0.3, 0.4) is 0 Å². The van der Waals surface area contributed by atoms with Gasteiger partial charge in [0.1, 0.15) is 6.04 Å². The minimum Gasteiger partial charge on any atom is -0.454 e. The van der Waals surface area contributed by atoms with Gasteiger partial charge in [-0.25, -0.2) is 8.42 Å². The molecule has 1 aliphatic rings. The lowest BCUT2D eigenvalue weighted by Gasteiger charge is -2.33. The van der Waals surface area contributed by atoms with Gasteiger partial charge in [0, 0.05) is 38.0 Å². The Labute approximate surface area is 269 Å². The highest BCUT2D eigenvalue weighted by Crippen LogP contribution is 2.36. The van der Waals surface area contributed by atoms with Crippen molar-refractivity contribution in [3.8, 4) is 11.5 Å². The normalized spacial score (nSPS) is 13.7. The lowest BCUT2D eigenvalue weighted by Crippen LogP contribution is -2.52. The number of carbonyl (C=O) groups excluding carboxylic acids is 2. The van der Waals surface area contributed by atoms with Crippen LogP contribution in [0.1, 0.15) is 44.2 Å². The smallest absolute Gasteiger partial charge is 0.243 e. The highest BCUT2D eigenvalue weighted by atomic mass is 35.5. The first-order valence-electron chi connectivity index (χ1n) is 14.4. The second kappa shape index (κ2) is 15.0. The van der Waals surface area contributed by atoms with Gasteiger partial charge in [-0.1, -0.05) is 66.5 Å². The van der Waals surface area contributed by atoms with Crippen LogP contribution in [0.15, 0.2) is 66.7 Å². The molecule has 12 heteroatoms. The van der Waals surface area contributed by atoms with E-state index >= 15 is 0 Å². The van der Waals surface area contributed by atoms with Crippen LogP contribution in [0.5, 0.6) is 11.5 Å². The molecule has 0 radical (unpaired) electrons. The third-order valence-corrected chi connectivity index (χ3v) is 9.34. The molecule has 3 aromatic carbocycles. The van der Waals surface area contributed by atoms with Gasteiger partial charge in [-0.05, 0) is 55.2 Å². The number of nitrogens with one attached hydrogen (secondary N) is 1. The van der Waals surface area contributed by atoms with Crippen LogP contribution in [0.4, 0.5) is 5.69 Å². The van der Waals surface area contributed by atoms with Gasteiger partial charge in [0.15, 0.2) is 11.5 Å². The van der Waals surface area contributed by atoms with E-state index in [0.29, 0.717) is 39.2 Å². The van der Waals surface area contributed by atoms with E-state index in [9.17, 15) is 18.0 Å². The first-order chi connectivity index (χ1) is 21.0. The maximum absolute atomic E-state index is 14.0. The average Bonchev–Trinajstić information content (AvgIpc) is 3.46. The molecule has 0 fully saturated rings. The second-order valence-electron chi connectivity index (χ2n) is 10.8. The first-order valence-corrected chi connectivity index (χ1v) is 17.0. The van der Waals surface area contributed by atoms with E-state index in [-0.39, 0.29) is 50.6 Å². The number of halogens is 2. The zero-order chi connectivity index (χ0) is 31.9. The van der Waals surface area contributed by atoms with Crippen LogP contribution in [-0.4, -0.2) is 56.8 Å². The third kappa shape index (κ3) is 8.80. The molecule has 9 nitrogen and oxygen atoms in total. The molecule has 0 bridgehead atoms. The van der Waals surface area contributed by atoms with Gasteiger partial charge >= 0.3 is 0 Å². The molecule has 1 N–H and O–H groups in total. The third-order valence-electron chi connectivity index (χ3n) is 7.41. The van der Waals surface area contributed by atoms with Crippen molar-refractivity contribution in [2.45, 2.75) is 58.2 Å². The number of benzene rings is 3. The van der Waals surface area contributed by atoms with Crippen LogP contribution in [-0.2, 0) is 32.6 Å². The Kier molecular flexibility index (Phi) is 11.4. The van der Waals surface area contributed by atoms with Gasteiger partial charge in [-0.3, -0.25) is 13.9 Å². The molecule has 2 atom stereocenters. The Morgan fingerprint density at radius 2 is 1.68 bits per heavy atom. The average molecular weight is 663 g/mol. The number of amides is 2. The molecule has 0 saturated heterocycles. The SMILES string of the molecule is CC[C@H](C)NC(=O)[C@H](Cc1ccccc1)N(Cc1ccc(Cl)c(Cl)c1)C(=O)CCCN(c1ccc2c(c1)OCO2)S(C)(=O)=O. The number of rotatable bonds is 14. The Hall–Kier alpha value is -3.47.